The molecular formula is C16H14BrN3O2. The second kappa shape index (κ2) is 7.42. The monoisotopic (exact) mass is 359 g/mol. The van der Waals surface area contributed by atoms with Gasteiger partial charge in [-0.15, -0.1) is 0 Å². The lowest BCUT2D eigenvalue weighted by atomic mass is 10.1. The SMILES string of the molecule is NC(=O)c1ccccc1NC(=O)N/C=C/c1cccc(Br)c1. The first kappa shape index (κ1) is 15.8. The maximum absolute atomic E-state index is 11.8. The molecule has 2 rings (SSSR count). The highest BCUT2D eigenvalue weighted by Gasteiger charge is 2.08. The van der Waals surface area contributed by atoms with Crippen molar-refractivity contribution in [3.05, 3.63) is 70.3 Å². The molecule has 0 aliphatic heterocycles. The van der Waals surface area contributed by atoms with Crippen LogP contribution in [0.25, 0.3) is 6.08 Å². The van der Waals surface area contributed by atoms with Crippen molar-refractivity contribution >= 4 is 39.6 Å². The molecule has 0 saturated heterocycles. The van der Waals surface area contributed by atoms with Crippen molar-refractivity contribution in [2.45, 2.75) is 0 Å². The van der Waals surface area contributed by atoms with Gasteiger partial charge in [0.1, 0.15) is 0 Å². The van der Waals surface area contributed by atoms with Crippen LogP contribution in [0, 0.1) is 0 Å². The predicted octanol–water partition coefficient (Wildman–Crippen LogP) is 3.34. The zero-order valence-corrected chi connectivity index (χ0v) is 13.1. The number of benzene rings is 2. The predicted molar refractivity (Wildman–Crippen MR) is 90.3 cm³/mol. The molecule has 0 aliphatic rings. The molecule has 0 radical (unpaired) electrons. The topological polar surface area (TPSA) is 84.2 Å². The maximum Gasteiger partial charge on any atom is 0.323 e. The van der Waals surface area contributed by atoms with E-state index >= 15 is 0 Å². The van der Waals surface area contributed by atoms with Crippen LogP contribution in [0.3, 0.4) is 0 Å². The van der Waals surface area contributed by atoms with Gasteiger partial charge in [0.25, 0.3) is 5.91 Å². The van der Waals surface area contributed by atoms with Crippen LogP contribution in [-0.2, 0) is 0 Å². The molecule has 112 valence electrons. The Hall–Kier alpha value is -2.60. The van der Waals surface area contributed by atoms with Gasteiger partial charge >= 0.3 is 6.03 Å². The number of rotatable bonds is 4. The number of amides is 3. The van der Waals surface area contributed by atoms with Gasteiger partial charge in [0.15, 0.2) is 0 Å². The quantitative estimate of drug-likeness (QED) is 0.781. The summed E-state index contributed by atoms with van der Waals surface area (Å²) in [5, 5.41) is 5.15. The number of anilines is 1. The fraction of sp³-hybridized carbons (Fsp3) is 0. The summed E-state index contributed by atoms with van der Waals surface area (Å²) in [5.41, 5.74) is 6.81. The summed E-state index contributed by atoms with van der Waals surface area (Å²) in [5.74, 6) is -0.597. The van der Waals surface area contributed by atoms with E-state index in [1.54, 1.807) is 30.3 Å². The number of urea groups is 1. The Morgan fingerprint density at radius 2 is 1.86 bits per heavy atom. The molecule has 6 heteroatoms. The number of hydrogen-bond acceptors (Lipinski definition) is 2. The minimum Gasteiger partial charge on any atom is -0.366 e. The van der Waals surface area contributed by atoms with Crippen molar-refractivity contribution in [3.8, 4) is 0 Å². The Bertz CT molecular complexity index is 729. The van der Waals surface area contributed by atoms with Crippen molar-refractivity contribution < 1.29 is 9.59 Å². The average Bonchev–Trinajstić information content (AvgIpc) is 2.47. The van der Waals surface area contributed by atoms with E-state index in [0.29, 0.717) is 5.69 Å². The Morgan fingerprint density at radius 1 is 1.09 bits per heavy atom. The third-order valence-corrected chi connectivity index (χ3v) is 3.27. The molecule has 5 nitrogen and oxygen atoms in total. The molecule has 3 amide bonds. The van der Waals surface area contributed by atoms with Crippen LogP contribution in [0.15, 0.2) is 59.2 Å². The summed E-state index contributed by atoms with van der Waals surface area (Å²) >= 11 is 3.37. The molecule has 2 aromatic rings. The van der Waals surface area contributed by atoms with E-state index < -0.39 is 11.9 Å². The van der Waals surface area contributed by atoms with Gasteiger partial charge in [-0.2, -0.15) is 0 Å². The summed E-state index contributed by atoms with van der Waals surface area (Å²) in [6, 6.07) is 13.7. The fourth-order valence-corrected chi connectivity index (χ4v) is 2.21. The number of nitrogens with one attached hydrogen (secondary N) is 2. The number of nitrogens with two attached hydrogens (primary N) is 1. The molecule has 0 heterocycles. The summed E-state index contributed by atoms with van der Waals surface area (Å²) in [6.07, 6.45) is 3.27. The average molecular weight is 360 g/mol. The first-order valence-corrected chi connectivity index (χ1v) is 7.24. The normalized spacial score (nSPS) is 10.4. The van der Waals surface area contributed by atoms with Crippen molar-refractivity contribution in [2.75, 3.05) is 5.32 Å². The largest absolute Gasteiger partial charge is 0.366 e. The van der Waals surface area contributed by atoms with Crippen molar-refractivity contribution in [3.63, 3.8) is 0 Å². The Balaban J connectivity index is 1.98. The Morgan fingerprint density at radius 3 is 2.59 bits per heavy atom. The highest BCUT2D eigenvalue weighted by Crippen LogP contribution is 2.14. The number of carbonyl (C=O) groups excluding carboxylic acids is 2. The van der Waals surface area contributed by atoms with Gasteiger partial charge in [-0.05, 0) is 35.9 Å². The highest BCUT2D eigenvalue weighted by atomic mass is 79.9. The van der Waals surface area contributed by atoms with Crippen molar-refractivity contribution in [1.29, 1.82) is 0 Å². The highest BCUT2D eigenvalue weighted by molar-refractivity contribution is 9.10. The van der Waals surface area contributed by atoms with E-state index in [-0.39, 0.29) is 5.56 Å². The van der Waals surface area contributed by atoms with Crippen molar-refractivity contribution in [2.24, 2.45) is 5.73 Å². The molecule has 0 atom stereocenters. The van der Waals surface area contributed by atoms with Crippen LogP contribution in [0.2, 0.25) is 0 Å². The van der Waals surface area contributed by atoms with E-state index in [1.165, 1.54) is 6.20 Å². The molecule has 0 spiro atoms. The standard InChI is InChI=1S/C16H14BrN3O2/c17-12-5-3-4-11(10-12)8-9-19-16(22)20-14-7-2-1-6-13(14)15(18)21/h1-10H,(H2,18,21)(H2,19,20,22)/b9-8+. The van der Waals surface area contributed by atoms with Gasteiger partial charge in [0.2, 0.25) is 0 Å². The molecule has 0 unspecified atom stereocenters. The lowest BCUT2D eigenvalue weighted by Crippen LogP contribution is -2.25. The van der Waals surface area contributed by atoms with E-state index in [4.69, 9.17) is 5.73 Å². The summed E-state index contributed by atoms with van der Waals surface area (Å²) in [4.78, 5) is 23.1. The van der Waals surface area contributed by atoms with Crippen LogP contribution in [0.4, 0.5) is 10.5 Å². The summed E-state index contributed by atoms with van der Waals surface area (Å²) < 4.78 is 0.953. The zero-order valence-electron chi connectivity index (χ0n) is 11.5. The third-order valence-electron chi connectivity index (χ3n) is 2.78. The third kappa shape index (κ3) is 4.46. The smallest absolute Gasteiger partial charge is 0.323 e. The van der Waals surface area contributed by atoms with Gasteiger partial charge in [0, 0.05) is 10.7 Å². The van der Waals surface area contributed by atoms with Crippen LogP contribution < -0.4 is 16.4 Å². The molecule has 0 aliphatic carbocycles. The second-order valence-corrected chi connectivity index (χ2v) is 5.31. The van der Waals surface area contributed by atoms with Gasteiger partial charge in [-0.3, -0.25) is 4.79 Å². The van der Waals surface area contributed by atoms with Gasteiger partial charge < -0.3 is 16.4 Å². The summed E-state index contributed by atoms with van der Waals surface area (Å²) in [7, 11) is 0. The van der Waals surface area contributed by atoms with E-state index in [2.05, 4.69) is 26.6 Å². The zero-order chi connectivity index (χ0) is 15.9. The summed E-state index contributed by atoms with van der Waals surface area (Å²) in [6.45, 7) is 0. The van der Waals surface area contributed by atoms with E-state index in [1.807, 2.05) is 24.3 Å². The number of hydrogen-bond donors (Lipinski definition) is 3. The fourth-order valence-electron chi connectivity index (χ4n) is 1.79. The maximum atomic E-state index is 11.8. The number of halogens is 1. The molecule has 0 bridgehead atoms. The van der Waals surface area contributed by atoms with Gasteiger partial charge in [0.05, 0.1) is 11.3 Å². The molecule has 0 aromatic heterocycles. The van der Waals surface area contributed by atoms with E-state index in [0.717, 1.165) is 10.0 Å². The first-order valence-electron chi connectivity index (χ1n) is 6.45. The lowest BCUT2D eigenvalue weighted by molar-refractivity contribution is 0.100. The second-order valence-electron chi connectivity index (χ2n) is 4.40. The molecule has 22 heavy (non-hydrogen) atoms. The van der Waals surface area contributed by atoms with Crippen LogP contribution in [-0.4, -0.2) is 11.9 Å². The molecule has 2 aromatic carbocycles. The van der Waals surface area contributed by atoms with Crippen LogP contribution >= 0.6 is 15.9 Å². The number of para-hydroxylation sites is 1. The van der Waals surface area contributed by atoms with Gasteiger partial charge in [-0.25, -0.2) is 4.79 Å². The molecule has 4 N–H and O–H groups in total. The van der Waals surface area contributed by atoms with Crippen molar-refractivity contribution in [1.82, 2.24) is 5.32 Å². The minimum absolute atomic E-state index is 0.258. The Labute approximate surface area is 136 Å². The molecule has 0 saturated carbocycles. The van der Waals surface area contributed by atoms with Crippen LogP contribution in [0.1, 0.15) is 15.9 Å². The number of carbonyl (C=O) groups is 2. The molecular weight excluding hydrogens is 346 g/mol. The van der Waals surface area contributed by atoms with E-state index in [9.17, 15) is 9.59 Å². The molecule has 0 fully saturated rings. The van der Waals surface area contributed by atoms with Crippen LogP contribution in [0.5, 0.6) is 0 Å². The van der Waals surface area contributed by atoms with Gasteiger partial charge in [-0.1, -0.05) is 40.2 Å². The minimum atomic E-state index is -0.597. The Kier molecular flexibility index (Phi) is 5.32. The lowest BCUT2D eigenvalue weighted by Gasteiger charge is -2.08. The number of primary amides is 1. The first-order chi connectivity index (χ1) is 10.6.